The Hall–Kier alpha value is -1.66. The molecule has 3 rings (SSSR count). The van der Waals surface area contributed by atoms with Crippen molar-refractivity contribution in [2.24, 2.45) is 0 Å². The largest absolute Gasteiger partial charge is 0.488 e. The fraction of sp³-hybridized carbons (Fsp3) is 0.654. The van der Waals surface area contributed by atoms with Gasteiger partial charge in [-0.1, -0.05) is 32.8 Å². The van der Waals surface area contributed by atoms with Crippen LogP contribution in [0.4, 0.5) is 0 Å². The summed E-state index contributed by atoms with van der Waals surface area (Å²) in [7, 11) is -2.85. The molecule has 1 aromatic heterocycles. The Bertz CT molecular complexity index is 937. The van der Waals surface area contributed by atoms with E-state index in [1.165, 1.54) is 24.8 Å². The van der Waals surface area contributed by atoms with E-state index in [0.717, 1.165) is 68.4 Å². The maximum atomic E-state index is 11.9. The molecule has 6 heteroatoms. The van der Waals surface area contributed by atoms with Gasteiger partial charge in [0.05, 0.1) is 5.75 Å². The zero-order valence-corrected chi connectivity index (χ0v) is 20.7. The summed E-state index contributed by atoms with van der Waals surface area (Å²) in [6, 6.07) is 8.58. The van der Waals surface area contributed by atoms with Gasteiger partial charge < -0.3 is 9.64 Å². The average molecular weight is 461 g/mol. The lowest BCUT2D eigenvalue weighted by atomic mass is 10.0. The van der Waals surface area contributed by atoms with Crippen LogP contribution in [-0.2, 0) is 16.3 Å². The van der Waals surface area contributed by atoms with Crippen LogP contribution in [0.3, 0.4) is 0 Å². The molecule has 1 aliphatic rings. The van der Waals surface area contributed by atoms with Gasteiger partial charge in [0.15, 0.2) is 0 Å². The van der Waals surface area contributed by atoms with Crippen molar-refractivity contribution in [3.05, 3.63) is 36.0 Å². The molecule has 0 N–H and O–H groups in total. The van der Waals surface area contributed by atoms with Gasteiger partial charge >= 0.3 is 0 Å². The van der Waals surface area contributed by atoms with Crippen LogP contribution in [0.5, 0.6) is 5.75 Å². The van der Waals surface area contributed by atoms with Crippen LogP contribution in [0.25, 0.3) is 10.9 Å². The van der Waals surface area contributed by atoms with Crippen molar-refractivity contribution in [1.82, 2.24) is 9.88 Å². The molecule has 1 aliphatic heterocycles. The number of sulfone groups is 1. The monoisotopic (exact) mass is 460 g/mol. The predicted octanol–water partition coefficient (Wildman–Crippen LogP) is 5.42. The minimum Gasteiger partial charge on any atom is -0.488 e. The summed E-state index contributed by atoms with van der Waals surface area (Å²) in [5, 5.41) is 1.16. The predicted molar refractivity (Wildman–Crippen MR) is 133 cm³/mol. The number of hydrogen-bond acceptors (Lipinski definition) is 5. The summed E-state index contributed by atoms with van der Waals surface area (Å²) < 4.78 is 30.2. The van der Waals surface area contributed by atoms with Crippen LogP contribution in [0.1, 0.15) is 70.8 Å². The van der Waals surface area contributed by atoms with Crippen molar-refractivity contribution < 1.29 is 13.2 Å². The molecule has 2 aromatic rings. The summed E-state index contributed by atoms with van der Waals surface area (Å²) in [5.41, 5.74) is 2.30. The van der Waals surface area contributed by atoms with E-state index < -0.39 is 9.84 Å². The topological polar surface area (TPSA) is 59.5 Å². The molecule has 0 atom stereocenters. The van der Waals surface area contributed by atoms with E-state index in [2.05, 4.69) is 35.0 Å². The number of benzene rings is 1. The van der Waals surface area contributed by atoms with E-state index in [0.29, 0.717) is 17.9 Å². The van der Waals surface area contributed by atoms with Crippen molar-refractivity contribution >= 4 is 20.7 Å². The summed E-state index contributed by atoms with van der Waals surface area (Å²) in [5.74, 6) is 1.57. The molecular formula is C26H40N2O3S. The second kappa shape index (κ2) is 12.5. The van der Waals surface area contributed by atoms with Gasteiger partial charge in [0.2, 0.25) is 0 Å². The number of piperidine rings is 1. The van der Waals surface area contributed by atoms with Crippen molar-refractivity contribution in [2.75, 3.05) is 31.1 Å². The number of unbranched alkanes of at least 4 members (excludes halogenated alkanes) is 3. The lowest BCUT2D eigenvalue weighted by Crippen LogP contribution is -2.38. The molecular weight excluding hydrogens is 420 g/mol. The number of hydrogen-bond donors (Lipinski definition) is 0. The Morgan fingerprint density at radius 1 is 1.03 bits per heavy atom. The molecule has 32 heavy (non-hydrogen) atoms. The highest BCUT2D eigenvalue weighted by Gasteiger charge is 2.21. The SMILES string of the molecule is CCCCCc1cc(OC2CCN(CCCCS(=O)(=O)CCC)CC2)c2ncccc2c1. The number of pyridine rings is 1. The first-order valence-electron chi connectivity index (χ1n) is 12.5. The summed E-state index contributed by atoms with van der Waals surface area (Å²) >= 11 is 0. The highest BCUT2D eigenvalue weighted by molar-refractivity contribution is 7.91. The standard InChI is InChI=1S/C26H40N2O3S/c1-3-5-6-10-22-20-23-11-9-14-27-26(23)25(21-22)31-24-12-16-28(17-13-24)15-7-8-19-32(29,30)18-4-2/h9,11,14,20-21,24H,3-8,10,12-13,15-19H2,1-2H3. The molecule has 0 saturated carbocycles. The van der Waals surface area contributed by atoms with Gasteiger partial charge in [-0.3, -0.25) is 4.98 Å². The highest BCUT2D eigenvalue weighted by atomic mass is 32.2. The van der Waals surface area contributed by atoms with Crippen LogP contribution >= 0.6 is 0 Å². The molecule has 0 spiro atoms. The fourth-order valence-electron chi connectivity index (χ4n) is 4.53. The van der Waals surface area contributed by atoms with E-state index >= 15 is 0 Å². The minimum atomic E-state index is -2.85. The fourth-order valence-corrected chi connectivity index (χ4v) is 6.00. The van der Waals surface area contributed by atoms with E-state index in [1.54, 1.807) is 0 Å². The quantitative estimate of drug-likeness (QED) is 0.374. The second-order valence-electron chi connectivity index (χ2n) is 9.14. The first-order valence-corrected chi connectivity index (χ1v) is 14.3. The zero-order valence-electron chi connectivity index (χ0n) is 19.9. The Labute approximate surface area is 194 Å². The number of nitrogens with zero attached hydrogens (tertiary/aromatic N) is 2. The van der Waals surface area contributed by atoms with Crippen LogP contribution < -0.4 is 4.74 Å². The number of likely N-dealkylation sites (tertiary alicyclic amines) is 1. The van der Waals surface area contributed by atoms with Gasteiger partial charge in [0, 0.05) is 30.4 Å². The summed E-state index contributed by atoms with van der Waals surface area (Å²) in [6.07, 6.45) is 11.3. The molecule has 0 unspecified atom stereocenters. The van der Waals surface area contributed by atoms with E-state index in [4.69, 9.17) is 4.74 Å². The first-order chi connectivity index (χ1) is 15.5. The third-order valence-electron chi connectivity index (χ3n) is 6.32. The van der Waals surface area contributed by atoms with Crippen LogP contribution in [0, 0.1) is 0 Å². The van der Waals surface area contributed by atoms with Crippen molar-refractivity contribution in [3.63, 3.8) is 0 Å². The molecule has 0 amide bonds. The number of fused-ring (bicyclic) bond motifs is 1. The molecule has 0 radical (unpaired) electrons. The number of rotatable bonds is 13. The first kappa shape index (κ1) is 25.0. The molecule has 1 aromatic carbocycles. The summed E-state index contributed by atoms with van der Waals surface area (Å²) in [4.78, 5) is 7.05. The molecule has 2 heterocycles. The number of aryl methyl sites for hydroxylation is 1. The minimum absolute atomic E-state index is 0.215. The van der Waals surface area contributed by atoms with Gasteiger partial charge in [-0.2, -0.15) is 0 Å². The van der Waals surface area contributed by atoms with Crippen molar-refractivity contribution in [2.45, 2.75) is 77.7 Å². The van der Waals surface area contributed by atoms with E-state index in [9.17, 15) is 8.42 Å². The van der Waals surface area contributed by atoms with Gasteiger partial charge in [-0.15, -0.1) is 0 Å². The third kappa shape index (κ3) is 7.73. The van der Waals surface area contributed by atoms with E-state index in [-0.39, 0.29) is 6.10 Å². The maximum Gasteiger partial charge on any atom is 0.150 e. The number of aromatic nitrogens is 1. The third-order valence-corrected chi connectivity index (χ3v) is 8.26. The lowest BCUT2D eigenvalue weighted by molar-refractivity contribution is 0.101. The van der Waals surface area contributed by atoms with Gasteiger partial charge in [0.25, 0.3) is 0 Å². The van der Waals surface area contributed by atoms with Crippen LogP contribution in [0.15, 0.2) is 30.5 Å². The van der Waals surface area contributed by atoms with E-state index in [1.807, 2.05) is 19.2 Å². The van der Waals surface area contributed by atoms with Gasteiger partial charge in [0.1, 0.15) is 27.2 Å². The second-order valence-corrected chi connectivity index (χ2v) is 11.4. The van der Waals surface area contributed by atoms with Crippen molar-refractivity contribution in [3.8, 4) is 5.75 Å². The maximum absolute atomic E-state index is 11.9. The molecule has 5 nitrogen and oxygen atoms in total. The Morgan fingerprint density at radius 2 is 1.84 bits per heavy atom. The molecule has 0 aliphatic carbocycles. The summed E-state index contributed by atoms with van der Waals surface area (Å²) in [6.45, 7) is 7.15. The van der Waals surface area contributed by atoms with Gasteiger partial charge in [-0.25, -0.2) is 8.42 Å². The molecule has 178 valence electrons. The molecule has 1 fully saturated rings. The normalized spacial score (nSPS) is 15.9. The Balaban J connectivity index is 1.50. The number of ether oxygens (including phenoxy) is 1. The average Bonchev–Trinajstić information content (AvgIpc) is 2.78. The smallest absolute Gasteiger partial charge is 0.150 e. The van der Waals surface area contributed by atoms with Crippen LogP contribution in [-0.4, -0.2) is 55.5 Å². The zero-order chi connectivity index (χ0) is 22.8. The lowest BCUT2D eigenvalue weighted by Gasteiger charge is -2.32. The molecule has 0 bridgehead atoms. The highest BCUT2D eigenvalue weighted by Crippen LogP contribution is 2.29. The van der Waals surface area contributed by atoms with Crippen molar-refractivity contribution in [1.29, 1.82) is 0 Å². The van der Waals surface area contributed by atoms with Crippen LogP contribution in [0.2, 0.25) is 0 Å². The Morgan fingerprint density at radius 3 is 2.59 bits per heavy atom. The van der Waals surface area contributed by atoms with Gasteiger partial charge in [-0.05, 0) is 75.3 Å². The Kier molecular flexibility index (Phi) is 9.79. The molecule has 1 saturated heterocycles.